The summed E-state index contributed by atoms with van der Waals surface area (Å²) in [5.74, 6) is -0.176. The predicted octanol–water partition coefficient (Wildman–Crippen LogP) is 3.11. The molecule has 6 nitrogen and oxygen atoms in total. The van der Waals surface area contributed by atoms with Gasteiger partial charge in [-0.15, -0.1) is 0 Å². The van der Waals surface area contributed by atoms with Gasteiger partial charge in [-0.2, -0.15) is 0 Å². The molecule has 1 aromatic heterocycles. The third kappa shape index (κ3) is 3.89. The first-order valence-corrected chi connectivity index (χ1v) is 9.57. The number of aromatic nitrogens is 2. The summed E-state index contributed by atoms with van der Waals surface area (Å²) in [6, 6.07) is 13.1. The lowest BCUT2D eigenvalue weighted by Crippen LogP contribution is -2.27. The Balaban J connectivity index is 1.79. The van der Waals surface area contributed by atoms with E-state index in [1.165, 1.54) is 19.1 Å². The Morgan fingerprint density at radius 2 is 1.88 bits per heavy atom. The van der Waals surface area contributed by atoms with Crippen molar-refractivity contribution in [2.45, 2.75) is 24.8 Å². The van der Waals surface area contributed by atoms with Crippen molar-refractivity contribution in [1.29, 1.82) is 0 Å². The third-order valence-corrected chi connectivity index (χ3v) is 5.62. The molecule has 3 aromatic rings. The second-order valence-electron chi connectivity index (χ2n) is 5.99. The highest BCUT2D eigenvalue weighted by atomic mass is 32.2. The average Bonchev–Trinajstić information content (AvgIpc) is 3.16. The fourth-order valence-corrected chi connectivity index (χ4v) is 3.88. The summed E-state index contributed by atoms with van der Waals surface area (Å²) in [6.07, 6.45) is 5.23. The molecule has 0 radical (unpaired) electrons. The zero-order valence-electron chi connectivity index (χ0n) is 14.5. The summed E-state index contributed by atoms with van der Waals surface area (Å²) < 4.78 is 29.7. The third-order valence-electron chi connectivity index (χ3n) is 4.08. The normalized spacial score (nSPS) is 12.7. The van der Waals surface area contributed by atoms with Crippen molar-refractivity contribution < 1.29 is 13.2 Å². The smallest absolute Gasteiger partial charge is 0.241 e. The fraction of sp³-hybridized carbons (Fsp3) is 0.158. The zero-order valence-corrected chi connectivity index (χ0v) is 15.3. The van der Waals surface area contributed by atoms with E-state index in [1.54, 1.807) is 31.6 Å². The highest BCUT2D eigenvalue weighted by Gasteiger charge is 2.19. The Morgan fingerprint density at radius 3 is 2.50 bits per heavy atom. The molecule has 0 spiro atoms. The first kappa shape index (κ1) is 18.0. The second-order valence-corrected chi connectivity index (χ2v) is 7.70. The van der Waals surface area contributed by atoms with Gasteiger partial charge in [-0.25, -0.2) is 18.1 Å². The van der Waals surface area contributed by atoms with Crippen LogP contribution in [0.25, 0.3) is 5.69 Å². The quantitative estimate of drug-likeness (QED) is 0.677. The number of carbonyl (C=O) groups excluding carboxylic acids is 1. The van der Waals surface area contributed by atoms with Gasteiger partial charge in [-0.1, -0.05) is 24.3 Å². The highest BCUT2D eigenvalue weighted by Crippen LogP contribution is 2.19. The number of carbonyl (C=O) groups is 1. The highest BCUT2D eigenvalue weighted by molar-refractivity contribution is 7.89. The number of rotatable bonds is 6. The van der Waals surface area contributed by atoms with Gasteiger partial charge in [-0.3, -0.25) is 4.79 Å². The molecule has 26 heavy (non-hydrogen) atoms. The van der Waals surface area contributed by atoms with E-state index >= 15 is 0 Å². The maximum atomic E-state index is 12.6. The molecule has 1 heterocycles. The van der Waals surface area contributed by atoms with Crippen molar-refractivity contribution in [3.05, 3.63) is 78.4 Å². The molecule has 0 bridgehead atoms. The van der Waals surface area contributed by atoms with Crippen LogP contribution in [-0.2, 0) is 10.0 Å². The van der Waals surface area contributed by atoms with Crippen LogP contribution >= 0.6 is 0 Å². The molecule has 0 saturated carbocycles. The SMILES string of the molecule is CC(=O)c1cccc(S(=O)(=O)N[C@H](C)c2ccc(-n3ccnc3)cc2)c1. The Morgan fingerprint density at radius 1 is 1.15 bits per heavy atom. The van der Waals surface area contributed by atoms with Crippen molar-refractivity contribution in [2.24, 2.45) is 0 Å². The molecule has 0 aliphatic carbocycles. The number of ketones is 1. The Bertz CT molecular complexity index is 1010. The first-order chi connectivity index (χ1) is 12.4. The number of imidazole rings is 1. The van der Waals surface area contributed by atoms with Gasteiger partial charge >= 0.3 is 0 Å². The van der Waals surface area contributed by atoms with Crippen molar-refractivity contribution in [3.63, 3.8) is 0 Å². The van der Waals surface area contributed by atoms with Crippen molar-refractivity contribution >= 4 is 15.8 Å². The van der Waals surface area contributed by atoms with Gasteiger partial charge in [0, 0.05) is 29.7 Å². The van der Waals surface area contributed by atoms with Gasteiger partial charge in [0.2, 0.25) is 10.0 Å². The number of sulfonamides is 1. The van der Waals surface area contributed by atoms with Crippen LogP contribution in [0.5, 0.6) is 0 Å². The monoisotopic (exact) mass is 369 g/mol. The molecule has 0 saturated heterocycles. The van der Waals surface area contributed by atoms with E-state index in [2.05, 4.69) is 9.71 Å². The Labute approximate surface area is 152 Å². The van der Waals surface area contributed by atoms with Gasteiger partial charge in [0.05, 0.1) is 11.2 Å². The number of hydrogen-bond acceptors (Lipinski definition) is 4. The van der Waals surface area contributed by atoms with Gasteiger partial charge < -0.3 is 4.57 Å². The topological polar surface area (TPSA) is 81.1 Å². The molecule has 0 fully saturated rings. The number of benzene rings is 2. The van der Waals surface area contributed by atoms with Gasteiger partial charge in [-0.05, 0) is 43.7 Å². The molecule has 134 valence electrons. The number of Topliss-reactive ketones (excluding diaryl/α,β-unsaturated/α-hetero) is 1. The van der Waals surface area contributed by atoms with Crippen LogP contribution in [-0.4, -0.2) is 23.8 Å². The van der Waals surface area contributed by atoms with Crippen LogP contribution in [0.15, 0.2) is 72.1 Å². The van der Waals surface area contributed by atoms with Gasteiger partial charge in [0.25, 0.3) is 0 Å². The summed E-state index contributed by atoms with van der Waals surface area (Å²) in [7, 11) is -3.73. The van der Waals surface area contributed by atoms with Crippen LogP contribution in [0.3, 0.4) is 0 Å². The van der Waals surface area contributed by atoms with E-state index in [4.69, 9.17) is 0 Å². The van der Waals surface area contributed by atoms with Gasteiger partial charge in [0.1, 0.15) is 0 Å². The predicted molar refractivity (Wildman–Crippen MR) is 98.7 cm³/mol. The lowest BCUT2D eigenvalue weighted by molar-refractivity contribution is 0.101. The maximum Gasteiger partial charge on any atom is 0.241 e. The molecule has 0 amide bonds. The van der Waals surface area contributed by atoms with E-state index in [0.717, 1.165) is 11.3 Å². The summed E-state index contributed by atoms with van der Waals surface area (Å²) in [6.45, 7) is 3.18. The second kappa shape index (κ2) is 7.23. The van der Waals surface area contributed by atoms with E-state index in [9.17, 15) is 13.2 Å². The standard InChI is InChI=1S/C19H19N3O3S/c1-14(16-6-8-18(9-7-16)22-11-10-20-13-22)21-26(24,25)19-5-3-4-17(12-19)15(2)23/h3-14,21H,1-2H3/t14-/m1/s1. The summed E-state index contributed by atoms with van der Waals surface area (Å²) in [5.41, 5.74) is 2.14. The lowest BCUT2D eigenvalue weighted by atomic mass is 10.1. The first-order valence-electron chi connectivity index (χ1n) is 8.08. The zero-order chi connectivity index (χ0) is 18.7. The Hall–Kier alpha value is -2.77. The van der Waals surface area contributed by atoms with Crippen molar-refractivity contribution in [2.75, 3.05) is 0 Å². The number of hydrogen-bond donors (Lipinski definition) is 1. The van der Waals surface area contributed by atoms with Gasteiger partial charge in [0.15, 0.2) is 5.78 Å². The minimum Gasteiger partial charge on any atom is -0.306 e. The van der Waals surface area contributed by atoms with E-state index in [-0.39, 0.29) is 10.7 Å². The molecule has 1 N–H and O–H groups in total. The molecule has 0 aliphatic heterocycles. The lowest BCUT2D eigenvalue weighted by Gasteiger charge is -2.15. The molecule has 0 unspecified atom stereocenters. The van der Waals surface area contributed by atoms with Crippen LogP contribution in [0.2, 0.25) is 0 Å². The van der Waals surface area contributed by atoms with Crippen molar-refractivity contribution in [3.8, 4) is 5.69 Å². The Kier molecular flexibility index (Phi) is 5.01. The molecule has 2 aromatic carbocycles. The van der Waals surface area contributed by atoms with E-state index in [0.29, 0.717) is 5.56 Å². The average molecular weight is 369 g/mol. The fourth-order valence-electron chi connectivity index (χ4n) is 2.60. The largest absolute Gasteiger partial charge is 0.306 e. The summed E-state index contributed by atoms with van der Waals surface area (Å²) in [5, 5.41) is 0. The van der Waals surface area contributed by atoms with Crippen molar-refractivity contribution in [1.82, 2.24) is 14.3 Å². The number of nitrogens with zero attached hydrogens (tertiary/aromatic N) is 2. The minimum atomic E-state index is -3.73. The molecule has 7 heteroatoms. The van der Waals surface area contributed by atoms with E-state index in [1.807, 2.05) is 35.0 Å². The summed E-state index contributed by atoms with van der Waals surface area (Å²) >= 11 is 0. The molecule has 0 aliphatic rings. The van der Waals surface area contributed by atoms with E-state index < -0.39 is 16.1 Å². The summed E-state index contributed by atoms with van der Waals surface area (Å²) in [4.78, 5) is 15.6. The maximum absolute atomic E-state index is 12.6. The molecular formula is C19H19N3O3S. The van der Waals surface area contributed by atoms with Crippen LogP contribution in [0, 0.1) is 0 Å². The minimum absolute atomic E-state index is 0.0760. The molecule has 1 atom stereocenters. The van der Waals surface area contributed by atoms with Crippen LogP contribution in [0.4, 0.5) is 0 Å². The van der Waals surface area contributed by atoms with Crippen LogP contribution < -0.4 is 4.72 Å². The molecular weight excluding hydrogens is 350 g/mol. The van der Waals surface area contributed by atoms with Crippen LogP contribution in [0.1, 0.15) is 35.8 Å². The molecule has 3 rings (SSSR count). The number of nitrogens with one attached hydrogen (secondary N) is 1.